The standard InChI is InChI=1S/C12H15N3O5/c13-15-14-6-5-9(16)12(19)8-3-1-2-4-10(8)20-7-11(17)18/h1-4,9,12,16,19H,5-7H2,(H,17,18). The maximum atomic E-state index is 10.5. The van der Waals surface area contributed by atoms with Crippen molar-refractivity contribution in [3.05, 3.63) is 40.3 Å². The van der Waals surface area contributed by atoms with Crippen LogP contribution >= 0.6 is 0 Å². The van der Waals surface area contributed by atoms with Gasteiger partial charge >= 0.3 is 5.97 Å². The molecule has 0 saturated carbocycles. The zero-order chi connectivity index (χ0) is 15.0. The van der Waals surface area contributed by atoms with E-state index in [2.05, 4.69) is 10.0 Å². The summed E-state index contributed by atoms with van der Waals surface area (Å²) in [5.74, 6) is -0.955. The van der Waals surface area contributed by atoms with Gasteiger partial charge < -0.3 is 20.1 Å². The minimum atomic E-state index is -1.26. The van der Waals surface area contributed by atoms with E-state index in [0.29, 0.717) is 0 Å². The molecule has 0 fully saturated rings. The highest BCUT2D eigenvalue weighted by atomic mass is 16.5. The fraction of sp³-hybridized carbons (Fsp3) is 0.417. The fourth-order valence-electron chi connectivity index (χ4n) is 1.60. The lowest BCUT2D eigenvalue weighted by Gasteiger charge is -2.20. The summed E-state index contributed by atoms with van der Waals surface area (Å²) in [6.45, 7) is -0.495. The number of aliphatic carboxylic acids is 1. The molecule has 2 unspecified atom stereocenters. The summed E-state index contributed by atoms with van der Waals surface area (Å²) in [6.07, 6.45) is -2.32. The van der Waals surface area contributed by atoms with Crippen molar-refractivity contribution < 1.29 is 24.9 Å². The Bertz CT molecular complexity index is 502. The van der Waals surface area contributed by atoms with Crippen LogP contribution in [0.15, 0.2) is 29.4 Å². The van der Waals surface area contributed by atoms with Gasteiger partial charge in [0.2, 0.25) is 0 Å². The van der Waals surface area contributed by atoms with E-state index in [1.807, 2.05) is 0 Å². The first-order chi connectivity index (χ1) is 9.56. The molecule has 108 valence electrons. The Morgan fingerprint density at radius 2 is 2.10 bits per heavy atom. The molecule has 1 aromatic carbocycles. The van der Waals surface area contributed by atoms with Gasteiger partial charge in [-0.15, -0.1) is 0 Å². The lowest BCUT2D eigenvalue weighted by molar-refractivity contribution is -0.139. The molecule has 0 spiro atoms. The van der Waals surface area contributed by atoms with Gasteiger partial charge in [-0.25, -0.2) is 4.79 Å². The molecule has 0 amide bonds. The Balaban J connectivity index is 2.77. The van der Waals surface area contributed by atoms with E-state index in [1.165, 1.54) is 12.1 Å². The molecular weight excluding hydrogens is 266 g/mol. The van der Waals surface area contributed by atoms with Crippen LogP contribution in [-0.2, 0) is 4.79 Å². The Kier molecular flexibility index (Phi) is 6.31. The molecule has 0 radical (unpaired) electrons. The highest BCUT2D eigenvalue weighted by molar-refractivity contribution is 5.68. The molecule has 8 nitrogen and oxygen atoms in total. The van der Waals surface area contributed by atoms with Crippen LogP contribution in [0.4, 0.5) is 0 Å². The number of hydrogen-bond acceptors (Lipinski definition) is 5. The van der Waals surface area contributed by atoms with E-state index >= 15 is 0 Å². The van der Waals surface area contributed by atoms with Crippen molar-refractivity contribution in [3.8, 4) is 5.75 Å². The van der Waals surface area contributed by atoms with Crippen molar-refractivity contribution in [2.45, 2.75) is 18.6 Å². The summed E-state index contributed by atoms with van der Waals surface area (Å²) in [5.41, 5.74) is 8.42. The molecular formula is C12H15N3O5. The van der Waals surface area contributed by atoms with Gasteiger partial charge in [-0.2, -0.15) is 0 Å². The number of ether oxygens (including phenoxy) is 1. The number of para-hydroxylation sites is 1. The molecule has 0 heterocycles. The minimum Gasteiger partial charge on any atom is -0.482 e. The molecule has 0 bridgehead atoms. The van der Waals surface area contributed by atoms with Crippen molar-refractivity contribution in [2.75, 3.05) is 13.2 Å². The van der Waals surface area contributed by atoms with Gasteiger partial charge in [0.1, 0.15) is 11.9 Å². The van der Waals surface area contributed by atoms with Crippen LogP contribution in [0.2, 0.25) is 0 Å². The monoisotopic (exact) mass is 281 g/mol. The van der Waals surface area contributed by atoms with Crippen molar-refractivity contribution in [1.82, 2.24) is 0 Å². The molecule has 0 aliphatic carbocycles. The number of benzene rings is 1. The Hall–Kier alpha value is -2.28. The van der Waals surface area contributed by atoms with Crippen LogP contribution in [0.1, 0.15) is 18.1 Å². The average molecular weight is 281 g/mol. The predicted octanol–water partition coefficient (Wildman–Crippen LogP) is 1.24. The molecule has 1 aromatic rings. The van der Waals surface area contributed by atoms with Crippen LogP contribution in [0.5, 0.6) is 5.75 Å². The molecule has 0 aliphatic rings. The largest absolute Gasteiger partial charge is 0.482 e. The maximum absolute atomic E-state index is 10.5. The summed E-state index contributed by atoms with van der Waals surface area (Å²) < 4.78 is 5.04. The van der Waals surface area contributed by atoms with Crippen molar-refractivity contribution in [2.24, 2.45) is 5.11 Å². The van der Waals surface area contributed by atoms with Crippen molar-refractivity contribution in [3.63, 3.8) is 0 Å². The second kappa shape index (κ2) is 8.00. The molecule has 8 heteroatoms. The van der Waals surface area contributed by atoms with Crippen LogP contribution in [0.25, 0.3) is 10.4 Å². The first-order valence-electron chi connectivity index (χ1n) is 5.86. The summed E-state index contributed by atoms with van der Waals surface area (Å²) in [4.78, 5) is 13.0. The summed E-state index contributed by atoms with van der Waals surface area (Å²) in [6, 6.07) is 6.28. The zero-order valence-corrected chi connectivity index (χ0v) is 10.6. The van der Waals surface area contributed by atoms with E-state index in [1.54, 1.807) is 12.1 Å². The molecule has 20 heavy (non-hydrogen) atoms. The van der Waals surface area contributed by atoms with E-state index in [-0.39, 0.29) is 24.3 Å². The fourth-order valence-corrected chi connectivity index (χ4v) is 1.60. The van der Waals surface area contributed by atoms with Gasteiger partial charge in [0, 0.05) is 17.0 Å². The number of nitrogens with zero attached hydrogens (tertiary/aromatic N) is 3. The third-order valence-electron chi connectivity index (χ3n) is 2.54. The first kappa shape index (κ1) is 15.8. The number of rotatable bonds is 8. The topological polar surface area (TPSA) is 136 Å². The number of carboxylic acids is 1. The van der Waals surface area contributed by atoms with E-state index in [9.17, 15) is 15.0 Å². The summed E-state index contributed by atoms with van der Waals surface area (Å²) >= 11 is 0. The predicted molar refractivity (Wildman–Crippen MR) is 69.2 cm³/mol. The molecule has 2 atom stereocenters. The van der Waals surface area contributed by atoms with Gasteiger partial charge in [-0.3, -0.25) is 0 Å². The van der Waals surface area contributed by atoms with Gasteiger partial charge in [0.15, 0.2) is 6.61 Å². The highest BCUT2D eigenvalue weighted by Crippen LogP contribution is 2.28. The van der Waals surface area contributed by atoms with Crippen molar-refractivity contribution >= 4 is 5.97 Å². The van der Waals surface area contributed by atoms with Gasteiger partial charge in [-0.05, 0) is 18.0 Å². The molecule has 3 N–H and O–H groups in total. The SMILES string of the molecule is [N-]=[N+]=NCCC(O)C(O)c1ccccc1OCC(=O)O. The minimum absolute atomic E-state index is 0.0485. The number of carbonyl (C=O) groups is 1. The van der Waals surface area contributed by atoms with Crippen LogP contribution in [0, 0.1) is 0 Å². The Labute approximate surface area is 114 Å². The lowest BCUT2D eigenvalue weighted by Crippen LogP contribution is -2.20. The third kappa shape index (κ3) is 4.77. The van der Waals surface area contributed by atoms with Gasteiger partial charge in [0.05, 0.1) is 6.10 Å². The van der Waals surface area contributed by atoms with Crippen LogP contribution in [-0.4, -0.2) is 40.5 Å². The van der Waals surface area contributed by atoms with Crippen LogP contribution in [0.3, 0.4) is 0 Å². The quantitative estimate of drug-likeness (QED) is 0.374. The van der Waals surface area contributed by atoms with E-state index in [4.69, 9.17) is 15.4 Å². The maximum Gasteiger partial charge on any atom is 0.341 e. The number of hydrogen-bond donors (Lipinski definition) is 3. The van der Waals surface area contributed by atoms with Gasteiger partial charge in [0.25, 0.3) is 0 Å². The second-order valence-corrected chi connectivity index (χ2v) is 3.98. The number of aliphatic hydroxyl groups is 2. The third-order valence-corrected chi connectivity index (χ3v) is 2.54. The van der Waals surface area contributed by atoms with E-state index in [0.717, 1.165) is 0 Å². The Morgan fingerprint density at radius 1 is 1.40 bits per heavy atom. The van der Waals surface area contributed by atoms with Crippen LogP contribution < -0.4 is 4.74 Å². The molecule has 1 rings (SSSR count). The normalized spacial score (nSPS) is 13.1. The summed E-state index contributed by atoms with van der Waals surface area (Å²) in [5, 5.41) is 31.7. The highest BCUT2D eigenvalue weighted by Gasteiger charge is 2.21. The average Bonchev–Trinajstić information content (AvgIpc) is 2.44. The summed E-state index contributed by atoms with van der Waals surface area (Å²) in [7, 11) is 0. The molecule has 0 aliphatic heterocycles. The van der Waals surface area contributed by atoms with E-state index < -0.39 is 24.8 Å². The number of carboxylic acid groups (broad SMARTS) is 1. The zero-order valence-electron chi connectivity index (χ0n) is 10.6. The second-order valence-electron chi connectivity index (χ2n) is 3.98. The smallest absolute Gasteiger partial charge is 0.341 e. The molecule has 0 aromatic heterocycles. The van der Waals surface area contributed by atoms with Gasteiger partial charge in [-0.1, -0.05) is 23.3 Å². The molecule has 0 saturated heterocycles. The lowest BCUT2D eigenvalue weighted by atomic mass is 10.0. The van der Waals surface area contributed by atoms with Crippen molar-refractivity contribution in [1.29, 1.82) is 0 Å². The Morgan fingerprint density at radius 3 is 2.75 bits per heavy atom. The number of azide groups is 1. The number of aliphatic hydroxyl groups excluding tert-OH is 2. The first-order valence-corrected chi connectivity index (χ1v) is 5.86.